The summed E-state index contributed by atoms with van der Waals surface area (Å²) in [5.41, 5.74) is -1.32. The van der Waals surface area contributed by atoms with Crippen molar-refractivity contribution in [1.29, 1.82) is 0 Å². The fraction of sp³-hybridized carbons (Fsp3) is 0.920. The first-order valence-electron chi connectivity index (χ1n) is 12.5. The van der Waals surface area contributed by atoms with E-state index in [-0.39, 0.29) is 23.3 Å². The molecular formula is C25H52O6Si2. The Kier molecular flexibility index (Phi) is 12.6. The number of carbonyl (C=O) groups is 2. The number of carbonyl (C=O) groups excluding carboxylic acids is 2. The van der Waals surface area contributed by atoms with E-state index in [0.29, 0.717) is 38.9 Å². The molecule has 0 saturated carbocycles. The fourth-order valence-electron chi connectivity index (χ4n) is 2.99. The van der Waals surface area contributed by atoms with Crippen molar-refractivity contribution in [2.45, 2.75) is 117 Å². The van der Waals surface area contributed by atoms with Crippen LogP contribution in [0.3, 0.4) is 0 Å². The summed E-state index contributed by atoms with van der Waals surface area (Å²) in [5, 5.41) is 0.209. The van der Waals surface area contributed by atoms with Gasteiger partial charge in [0.05, 0.1) is 13.2 Å². The molecule has 0 unspecified atom stereocenters. The molecule has 8 heteroatoms. The van der Waals surface area contributed by atoms with Gasteiger partial charge in [0.2, 0.25) is 0 Å². The summed E-state index contributed by atoms with van der Waals surface area (Å²) in [5.74, 6) is -0.994. The minimum absolute atomic E-state index is 0.105. The second-order valence-corrected chi connectivity index (χ2v) is 21.6. The smallest absolute Gasteiger partial charge is 0.323 e. The Bertz CT molecular complexity index is 563. The molecule has 0 aromatic heterocycles. The zero-order valence-electron chi connectivity index (χ0n) is 23.6. The molecule has 0 aromatic carbocycles. The van der Waals surface area contributed by atoms with Crippen LogP contribution >= 0.6 is 0 Å². The number of hydrogen-bond donors (Lipinski definition) is 0. The van der Waals surface area contributed by atoms with Gasteiger partial charge in [-0.05, 0) is 75.8 Å². The molecule has 0 saturated heterocycles. The Labute approximate surface area is 205 Å². The van der Waals surface area contributed by atoms with Crippen molar-refractivity contribution < 1.29 is 27.9 Å². The second-order valence-electron chi connectivity index (χ2n) is 11.9. The highest BCUT2D eigenvalue weighted by molar-refractivity contribution is 6.74. The van der Waals surface area contributed by atoms with Gasteiger partial charge >= 0.3 is 11.9 Å². The minimum Gasteiger partial charge on any atom is -0.465 e. The summed E-state index contributed by atoms with van der Waals surface area (Å²) in [4.78, 5) is 26.2. The molecule has 0 heterocycles. The van der Waals surface area contributed by atoms with E-state index in [1.54, 1.807) is 13.8 Å². The standard InChI is InChI=1S/C25H52O6Si2/c1-13-28-21(26)25(22(27)29-14-2,17-15-19-30-32(9,10)23(3,4)5)18-16-20-31-33(11,12)24(6,7)8/h13-20H2,1-12H3. The van der Waals surface area contributed by atoms with Crippen LogP contribution in [0.1, 0.15) is 81.1 Å². The summed E-state index contributed by atoms with van der Waals surface area (Å²) < 4.78 is 23.3. The van der Waals surface area contributed by atoms with Gasteiger partial charge in [-0.3, -0.25) is 9.59 Å². The molecule has 0 fully saturated rings. The maximum absolute atomic E-state index is 13.1. The van der Waals surface area contributed by atoms with Crippen LogP contribution in [0.2, 0.25) is 36.3 Å². The van der Waals surface area contributed by atoms with Crippen molar-refractivity contribution in [2.24, 2.45) is 5.41 Å². The molecule has 0 atom stereocenters. The van der Waals surface area contributed by atoms with Gasteiger partial charge in [-0.1, -0.05) is 41.5 Å². The van der Waals surface area contributed by atoms with Gasteiger partial charge < -0.3 is 18.3 Å². The molecule has 0 aliphatic carbocycles. The zero-order valence-corrected chi connectivity index (χ0v) is 25.6. The summed E-state index contributed by atoms with van der Waals surface area (Å²) in [7, 11) is -3.81. The first kappa shape index (κ1) is 32.3. The predicted molar refractivity (Wildman–Crippen MR) is 140 cm³/mol. The van der Waals surface area contributed by atoms with Crippen LogP contribution in [0.5, 0.6) is 0 Å². The van der Waals surface area contributed by atoms with Crippen molar-refractivity contribution in [2.75, 3.05) is 26.4 Å². The molecule has 0 aliphatic rings. The normalized spacial score (nSPS) is 13.7. The Morgan fingerprint density at radius 2 is 0.939 bits per heavy atom. The summed E-state index contributed by atoms with van der Waals surface area (Å²) in [6.45, 7) is 27.0. The maximum atomic E-state index is 13.1. The third-order valence-corrected chi connectivity index (χ3v) is 16.4. The van der Waals surface area contributed by atoms with E-state index >= 15 is 0 Å². The van der Waals surface area contributed by atoms with Gasteiger partial charge in [-0.15, -0.1) is 0 Å². The number of rotatable bonds is 14. The molecular weight excluding hydrogens is 452 g/mol. The van der Waals surface area contributed by atoms with Crippen LogP contribution in [0.15, 0.2) is 0 Å². The first-order valence-corrected chi connectivity index (χ1v) is 18.3. The largest absolute Gasteiger partial charge is 0.465 e. The lowest BCUT2D eigenvalue weighted by Gasteiger charge is -2.37. The highest BCUT2D eigenvalue weighted by Crippen LogP contribution is 2.39. The summed E-state index contributed by atoms with van der Waals surface area (Å²) >= 11 is 0. The Balaban J connectivity index is 5.48. The molecule has 33 heavy (non-hydrogen) atoms. The lowest BCUT2D eigenvalue weighted by Crippen LogP contribution is -2.44. The minimum atomic E-state index is -1.90. The molecule has 196 valence electrons. The molecule has 0 rings (SSSR count). The molecule has 6 nitrogen and oxygen atoms in total. The molecule has 0 N–H and O–H groups in total. The van der Waals surface area contributed by atoms with Crippen LogP contribution in [0.25, 0.3) is 0 Å². The zero-order chi connectivity index (χ0) is 26.1. The predicted octanol–water partition coefficient (Wildman–Crippen LogP) is 6.70. The van der Waals surface area contributed by atoms with Gasteiger partial charge in [0.25, 0.3) is 0 Å². The van der Waals surface area contributed by atoms with Crippen LogP contribution < -0.4 is 0 Å². The van der Waals surface area contributed by atoms with Gasteiger partial charge in [-0.2, -0.15) is 0 Å². The fourth-order valence-corrected chi connectivity index (χ4v) is 5.17. The van der Waals surface area contributed by atoms with E-state index in [2.05, 4.69) is 67.7 Å². The summed E-state index contributed by atoms with van der Waals surface area (Å²) in [6.07, 6.45) is 1.87. The van der Waals surface area contributed by atoms with Gasteiger partial charge in [0.1, 0.15) is 0 Å². The monoisotopic (exact) mass is 504 g/mol. The highest BCUT2D eigenvalue weighted by atomic mass is 28.4. The summed E-state index contributed by atoms with van der Waals surface area (Å²) in [6, 6.07) is 0. The molecule has 0 aliphatic heterocycles. The quantitative estimate of drug-likeness (QED) is 0.113. The van der Waals surface area contributed by atoms with Gasteiger partial charge in [0.15, 0.2) is 22.0 Å². The average Bonchev–Trinajstić information content (AvgIpc) is 2.65. The lowest BCUT2D eigenvalue weighted by molar-refractivity contribution is -0.173. The molecule has 0 bridgehead atoms. The van der Waals surface area contributed by atoms with Crippen molar-refractivity contribution in [3.8, 4) is 0 Å². The van der Waals surface area contributed by atoms with Crippen LogP contribution in [-0.2, 0) is 27.9 Å². The highest BCUT2D eigenvalue weighted by Gasteiger charge is 2.48. The molecule has 0 aromatic rings. The van der Waals surface area contributed by atoms with Crippen molar-refractivity contribution >= 4 is 28.6 Å². The third kappa shape index (κ3) is 9.45. The Hall–Kier alpha value is -0.706. The number of ether oxygens (including phenoxy) is 2. The van der Waals surface area contributed by atoms with Gasteiger partial charge in [-0.25, -0.2) is 0 Å². The van der Waals surface area contributed by atoms with Crippen molar-refractivity contribution in [1.82, 2.24) is 0 Å². The van der Waals surface area contributed by atoms with Gasteiger partial charge in [0, 0.05) is 13.2 Å². The Morgan fingerprint density at radius 3 is 1.18 bits per heavy atom. The van der Waals surface area contributed by atoms with Crippen LogP contribution in [0.4, 0.5) is 0 Å². The molecule has 0 amide bonds. The van der Waals surface area contributed by atoms with Crippen molar-refractivity contribution in [3.05, 3.63) is 0 Å². The van der Waals surface area contributed by atoms with E-state index in [0.717, 1.165) is 0 Å². The third-order valence-electron chi connectivity index (χ3n) is 7.37. The number of hydrogen-bond acceptors (Lipinski definition) is 6. The lowest BCUT2D eigenvalue weighted by atomic mass is 9.79. The van der Waals surface area contributed by atoms with Crippen LogP contribution in [-0.4, -0.2) is 55.0 Å². The van der Waals surface area contributed by atoms with E-state index in [9.17, 15) is 9.59 Å². The van der Waals surface area contributed by atoms with E-state index in [4.69, 9.17) is 18.3 Å². The topological polar surface area (TPSA) is 71.1 Å². The van der Waals surface area contributed by atoms with E-state index in [1.807, 2.05) is 0 Å². The van der Waals surface area contributed by atoms with E-state index in [1.165, 1.54) is 0 Å². The van der Waals surface area contributed by atoms with Crippen LogP contribution in [0, 0.1) is 5.41 Å². The average molecular weight is 505 g/mol. The maximum Gasteiger partial charge on any atom is 0.323 e. The molecule has 0 radical (unpaired) electrons. The second kappa shape index (κ2) is 12.8. The Morgan fingerprint density at radius 1 is 0.636 bits per heavy atom. The molecule has 0 spiro atoms. The van der Waals surface area contributed by atoms with E-state index < -0.39 is 34.0 Å². The SMILES string of the molecule is CCOC(=O)C(CCCO[Si](C)(C)C(C)(C)C)(CCCO[Si](C)(C)C(C)(C)C)C(=O)OCC. The first-order chi connectivity index (χ1) is 14.9. The number of esters is 2. The van der Waals surface area contributed by atoms with Crippen molar-refractivity contribution in [3.63, 3.8) is 0 Å².